The molecule has 0 aromatic heterocycles. The molecule has 2 N–H and O–H groups in total. The van der Waals surface area contributed by atoms with Gasteiger partial charge in [-0.2, -0.15) is 0 Å². The number of carbonyl (C=O) groups excluding carboxylic acids is 1. The third-order valence-electron chi connectivity index (χ3n) is 3.08. The van der Waals surface area contributed by atoms with Crippen molar-refractivity contribution in [1.82, 2.24) is 4.90 Å². The molecule has 0 saturated heterocycles. The maximum absolute atomic E-state index is 12.1. The number of carboxylic acid groups (broad SMARTS) is 1. The van der Waals surface area contributed by atoms with Gasteiger partial charge in [0.2, 0.25) is 5.91 Å². The summed E-state index contributed by atoms with van der Waals surface area (Å²) >= 11 is 0. The number of aryl methyl sites for hydroxylation is 2. The van der Waals surface area contributed by atoms with Crippen molar-refractivity contribution in [2.75, 3.05) is 38.7 Å². The molecule has 1 aromatic rings. The van der Waals surface area contributed by atoms with Gasteiger partial charge in [-0.25, -0.2) is 0 Å². The third kappa shape index (κ3) is 5.93. The number of ether oxygens (including phenoxy) is 1. The number of nitrogens with zero attached hydrogens (tertiary/aromatic N) is 1. The molecule has 1 rings (SSSR count). The fraction of sp³-hybridized carbons (Fsp3) is 0.467. The number of aliphatic carboxylic acids is 1. The molecular weight excluding hydrogens is 272 g/mol. The van der Waals surface area contributed by atoms with E-state index in [2.05, 4.69) is 5.32 Å². The predicted molar refractivity (Wildman–Crippen MR) is 80.5 cm³/mol. The van der Waals surface area contributed by atoms with Gasteiger partial charge in [-0.05, 0) is 25.0 Å². The molecule has 1 amide bonds. The quantitative estimate of drug-likeness (QED) is 0.755. The number of para-hydroxylation sites is 1. The van der Waals surface area contributed by atoms with Crippen LogP contribution in [-0.2, 0) is 14.3 Å². The summed E-state index contributed by atoms with van der Waals surface area (Å²) in [5, 5.41) is 11.7. The number of hydrogen-bond acceptors (Lipinski definition) is 4. The van der Waals surface area contributed by atoms with Crippen LogP contribution < -0.4 is 5.32 Å². The van der Waals surface area contributed by atoms with Gasteiger partial charge in [-0.15, -0.1) is 0 Å². The van der Waals surface area contributed by atoms with Gasteiger partial charge in [0.05, 0.1) is 19.7 Å². The molecule has 6 nitrogen and oxygen atoms in total. The number of rotatable bonds is 8. The van der Waals surface area contributed by atoms with Crippen LogP contribution in [0, 0.1) is 13.8 Å². The summed E-state index contributed by atoms with van der Waals surface area (Å²) in [7, 11) is 1.54. The van der Waals surface area contributed by atoms with Crippen molar-refractivity contribution >= 4 is 17.6 Å². The first-order valence-corrected chi connectivity index (χ1v) is 6.73. The van der Waals surface area contributed by atoms with Gasteiger partial charge in [-0.3, -0.25) is 14.5 Å². The minimum atomic E-state index is -0.967. The van der Waals surface area contributed by atoms with E-state index in [4.69, 9.17) is 9.84 Å². The molecule has 116 valence electrons. The lowest BCUT2D eigenvalue weighted by atomic mass is 10.1. The molecule has 0 fully saturated rings. The van der Waals surface area contributed by atoms with E-state index in [1.165, 1.54) is 12.0 Å². The van der Waals surface area contributed by atoms with E-state index in [1.54, 1.807) is 0 Å². The zero-order valence-corrected chi connectivity index (χ0v) is 12.7. The number of amides is 1. The third-order valence-corrected chi connectivity index (χ3v) is 3.08. The van der Waals surface area contributed by atoms with Crippen LogP contribution in [0.15, 0.2) is 18.2 Å². The number of carbonyl (C=O) groups is 2. The van der Waals surface area contributed by atoms with E-state index in [1.807, 2.05) is 32.0 Å². The van der Waals surface area contributed by atoms with Crippen LogP contribution in [0.5, 0.6) is 0 Å². The Morgan fingerprint density at radius 3 is 2.38 bits per heavy atom. The fourth-order valence-electron chi connectivity index (χ4n) is 2.02. The van der Waals surface area contributed by atoms with E-state index < -0.39 is 5.97 Å². The van der Waals surface area contributed by atoms with Crippen LogP contribution in [0.2, 0.25) is 0 Å². The highest BCUT2D eigenvalue weighted by molar-refractivity contribution is 5.94. The van der Waals surface area contributed by atoms with Gasteiger partial charge in [0.15, 0.2) is 0 Å². The van der Waals surface area contributed by atoms with E-state index >= 15 is 0 Å². The summed E-state index contributed by atoms with van der Waals surface area (Å²) in [4.78, 5) is 24.4. The van der Waals surface area contributed by atoms with Crippen molar-refractivity contribution in [3.8, 4) is 0 Å². The lowest BCUT2D eigenvalue weighted by molar-refractivity contribution is -0.138. The van der Waals surface area contributed by atoms with Gasteiger partial charge >= 0.3 is 5.97 Å². The van der Waals surface area contributed by atoms with Crippen LogP contribution in [0.4, 0.5) is 5.69 Å². The van der Waals surface area contributed by atoms with Gasteiger partial charge in [-0.1, -0.05) is 18.2 Å². The summed E-state index contributed by atoms with van der Waals surface area (Å²) in [6.45, 7) is 4.44. The minimum Gasteiger partial charge on any atom is -0.480 e. The number of hydrogen-bond donors (Lipinski definition) is 2. The van der Waals surface area contributed by atoms with Crippen LogP contribution >= 0.6 is 0 Å². The molecule has 0 radical (unpaired) electrons. The van der Waals surface area contributed by atoms with Gasteiger partial charge in [0.1, 0.15) is 0 Å². The molecule has 0 atom stereocenters. The standard InChI is InChI=1S/C15H22N2O4/c1-11-5-4-6-12(2)15(11)16-13(18)9-17(7-8-21-3)10-14(19)20/h4-6H,7-10H2,1-3H3,(H,16,18)(H,19,20). The van der Waals surface area contributed by atoms with E-state index in [-0.39, 0.29) is 19.0 Å². The Morgan fingerprint density at radius 1 is 1.24 bits per heavy atom. The summed E-state index contributed by atoms with van der Waals surface area (Å²) in [6.07, 6.45) is 0. The Balaban J connectivity index is 2.66. The van der Waals surface area contributed by atoms with E-state index in [0.29, 0.717) is 13.2 Å². The van der Waals surface area contributed by atoms with Crippen molar-refractivity contribution in [2.24, 2.45) is 0 Å². The lowest BCUT2D eigenvalue weighted by Crippen LogP contribution is -2.39. The maximum atomic E-state index is 12.1. The average molecular weight is 294 g/mol. The molecule has 21 heavy (non-hydrogen) atoms. The second kappa shape index (κ2) is 8.39. The largest absolute Gasteiger partial charge is 0.480 e. The second-order valence-corrected chi connectivity index (χ2v) is 4.91. The molecule has 0 aliphatic heterocycles. The highest BCUT2D eigenvalue weighted by atomic mass is 16.5. The molecule has 0 heterocycles. The number of anilines is 1. The fourth-order valence-corrected chi connectivity index (χ4v) is 2.02. The van der Waals surface area contributed by atoms with E-state index in [9.17, 15) is 9.59 Å². The predicted octanol–water partition coefficient (Wildman–Crippen LogP) is 1.27. The van der Waals surface area contributed by atoms with Gasteiger partial charge in [0.25, 0.3) is 0 Å². The van der Waals surface area contributed by atoms with Crippen molar-refractivity contribution in [2.45, 2.75) is 13.8 Å². The van der Waals surface area contributed by atoms with Gasteiger partial charge in [0, 0.05) is 19.3 Å². The van der Waals surface area contributed by atoms with Crippen LogP contribution in [0.25, 0.3) is 0 Å². The number of nitrogens with one attached hydrogen (secondary N) is 1. The first-order chi connectivity index (χ1) is 9.93. The number of methoxy groups -OCH3 is 1. The molecule has 0 unspecified atom stereocenters. The second-order valence-electron chi connectivity index (χ2n) is 4.91. The minimum absolute atomic E-state index is 0.0173. The highest BCUT2D eigenvalue weighted by Crippen LogP contribution is 2.19. The Bertz CT molecular complexity index is 482. The topological polar surface area (TPSA) is 78.9 Å². The average Bonchev–Trinajstić information content (AvgIpc) is 2.40. The van der Waals surface area contributed by atoms with Crippen LogP contribution in [0.3, 0.4) is 0 Å². The van der Waals surface area contributed by atoms with Gasteiger partial charge < -0.3 is 15.2 Å². The maximum Gasteiger partial charge on any atom is 0.317 e. The lowest BCUT2D eigenvalue weighted by Gasteiger charge is -2.20. The Kier molecular flexibility index (Phi) is 6.84. The summed E-state index contributed by atoms with van der Waals surface area (Å²) in [5.41, 5.74) is 2.74. The molecule has 0 aliphatic rings. The van der Waals surface area contributed by atoms with E-state index in [0.717, 1.165) is 16.8 Å². The van der Waals surface area contributed by atoms with Crippen molar-refractivity contribution < 1.29 is 19.4 Å². The SMILES string of the molecule is COCCN(CC(=O)O)CC(=O)Nc1c(C)cccc1C. The molecular formula is C15H22N2O4. The van der Waals surface area contributed by atoms with Crippen molar-refractivity contribution in [3.05, 3.63) is 29.3 Å². The molecule has 0 aliphatic carbocycles. The zero-order chi connectivity index (χ0) is 15.8. The molecule has 0 saturated carbocycles. The summed E-state index contributed by atoms with van der Waals surface area (Å²) in [6, 6.07) is 5.76. The Labute approximate surface area is 124 Å². The normalized spacial score (nSPS) is 10.7. The monoisotopic (exact) mass is 294 g/mol. The molecule has 6 heteroatoms. The molecule has 0 spiro atoms. The van der Waals surface area contributed by atoms with Crippen molar-refractivity contribution in [1.29, 1.82) is 0 Å². The Morgan fingerprint density at radius 2 is 1.86 bits per heavy atom. The highest BCUT2D eigenvalue weighted by Gasteiger charge is 2.15. The smallest absolute Gasteiger partial charge is 0.317 e. The van der Waals surface area contributed by atoms with Crippen molar-refractivity contribution in [3.63, 3.8) is 0 Å². The zero-order valence-electron chi connectivity index (χ0n) is 12.7. The van der Waals surface area contributed by atoms with Crippen LogP contribution in [-0.4, -0.2) is 55.2 Å². The van der Waals surface area contributed by atoms with Crippen LogP contribution in [0.1, 0.15) is 11.1 Å². The Hall–Kier alpha value is -1.92. The first-order valence-electron chi connectivity index (χ1n) is 6.73. The molecule has 0 bridgehead atoms. The first kappa shape index (κ1) is 17.1. The number of carboxylic acids is 1. The number of benzene rings is 1. The summed E-state index contributed by atoms with van der Waals surface area (Å²) in [5.74, 6) is -1.20. The summed E-state index contributed by atoms with van der Waals surface area (Å²) < 4.78 is 4.93. The molecule has 1 aromatic carbocycles.